The average molecular weight is 304 g/mol. The minimum Gasteiger partial charge on any atom is -0.465 e. The number of aromatic nitrogens is 2. The third-order valence-corrected chi connectivity index (χ3v) is 3.04. The molecule has 116 valence electrons. The van der Waals surface area contributed by atoms with E-state index in [0.717, 1.165) is 5.56 Å². The van der Waals surface area contributed by atoms with Crippen LogP contribution in [-0.4, -0.2) is 39.7 Å². The van der Waals surface area contributed by atoms with Gasteiger partial charge in [-0.3, -0.25) is 19.7 Å². The second-order valence-corrected chi connectivity index (χ2v) is 4.84. The molecular formula is C14H16N4O4. The van der Waals surface area contributed by atoms with Gasteiger partial charge in [-0.2, -0.15) is 5.10 Å². The Morgan fingerprint density at radius 1 is 1.41 bits per heavy atom. The molecule has 0 radical (unpaired) electrons. The molecule has 0 N–H and O–H groups in total. The van der Waals surface area contributed by atoms with Gasteiger partial charge in [0.25, 0.3) is 0 Å². The summed E-state index contributed by atoms with van der Waals surface area (Å²) in [5.74, 6) is -0.372. The Bertz CT molecular complexity index is 666. The van der Waals surface area contributed by atoms with E-state index in [1.165, 1.54) is 24.2 Å². The molecule has 0 amide bonds. The van der Waals surface area contributed by atoms with Gasteiger partial charge < -0.3 is 4.74 Å². The van der Waals surface area contributed by atoms with Gasteiger partial charge in [0.1, 0.15) is 12.4 Å². The summed E-state index contributed by atoms with van der Waals surface area (Å²) in [7, 11) is 3.22. The number of esters is 1. The highest BCUT2D eigenvalue weighted by molar-refractivity contribution is 5.89. The summed E-state index contributed by atoms with van der Waals surface area (Å²) in [6.07, 6.45) is 2.61. The fourth-order valence-corrected chi connectivity index (χ4v) is 2.00. The lowest BCUT2D eigenvalue weighted by molar-refractivity contribution is -0.385. The van der Waals surface area contributed by atoms with E-state index >= 15 is 0 Å². The Balaban J connectivity index is 1.94. The number of ether oxygens (including phenoxy) is 1. The van der Waals surface area contributed by atoms with Crippen molar-refractivity contribution in [3.8, 4) is 0 Å². The highest BCUT2D eigenvalue weighted by Gasteiger charge is 2.10. The average Bonchev–Trinajstić information content (AvgIpc) is 2.95. The molecule has 0 spiro atoms. The van der Waals surface area contributed by atoms with Crippen molar-refractivity contribution in [1.29, 1.82) is 0 Å². The first-order valence-corrected chi connectivity index (χ1v) is 6.52. The molecule has 0 aliphatic rings. The molecule has 0 aliphatic heterocycles. The Kier molecular flexibility index (Phi) is 4.84. The van der Waals surface area contributed by atoms with Crippen molar-refractivity contribution in [1.82, 2.24) is 14.7 Å². The predicted molar refractivity (Wildman–Crippen MR) is 78.1 cm³/mol. The first kappa shape index (κ1) is 15.6. The number of benzene rings is 1. The molecule has 0 saturated heterocycles. The minimum atomic E-state index is -0.477. The van der Waals surface area contributed by atoms with Gasteiger partial charge in [-0.15, -0.1) is 0 Å². The van der Waals surface area contributed by atoms with Crippen molar-refractivity contribution < 1.29 is 14.5 Å². The fourth-order valence-electron chi connectivity index (χ4n) is 2.00. The number of nitrogens with zero attached hydrogens (tertiary/aromatic N) is 4. The molecule has 0 fully saturated rings. The van der Waals surface area contributed by atoms with Crippen LogP contribution in [0, 0.1) is 10.1 Å². The Morgan fingerprint density at radius 3 is 2.64 bits per heavy atom. The Hall–Kier alpha value is -2.74. The lowest BCUT2D eigenvalue weighted by atomic mass is 10.1. The van der Waals surface area contributed by atoms with E-state index in [1.54, 1.807) is 12.1 Å². The monoisotopic (exact) mass is 304 g/mol. The molecule has 0 atom stereocenters. The van der Waals surface area contributed by atoms with Crippen LogP contribution in [0.3, 0.4) is 0 Å². The summed E-state index contributed by atoms with van der Waals surface area (Å²) < 4.78 is 6.14. The summed E-state index contributed by atoms with van der Waals surface area (Å²) in [6.45, 7) is 1.04. The van der Waals surface area contributed by atoms with Crippen molar-refractivity contribution in [3.63, 3.8) is 0 Å². The van der Waals surface area contributed by atoms with Gasteiger partial charge in [0.15, 0.2) is 0 Å². The normalized spacial score (nSPS) is 10.7. The smallest absolute Gasteiger partial charge is 0.337 e. The molecular weight excluding hydrogens is 288 g/mol. The zero-order chi connectivity index (χ0) is 16.1. The van der Waals surface area contributed by atoms with Crippen molar-refractivity contribution >= 4 is 11.7 Å². The molecule has 8 nitrogen and oxygen atoms in total. The van der Waals surface area contributed by atoms with Crippen LogP contribution >= 0.6 is 0 Å². The van der Waals surface area contributed by atoms with Crippen LogP contribution in [0.25, 0.3) is 0 Å². The van der Waals surface area contributed by atoms with E-state index < -0.39 is 4.92 Å². The third-order valence-electron chi connectivity index (χ3n) is 3.04. The van der Waals surface area contributed by atoms with Crippen LogP contribution in [0.15, 0.2) is 36.7 Å². The second kappa shape index (κ2) is 6.81. The molecule has 0 saturated carbocycles. The summed E-state index contributed by atoms with van der Waals surface area (Å²) in [5.41, 5.74) is 1.48. The summed E-state index contributed by atoms with van der Waals surface area (Å²) >= 11 is 0. The van der Waals surface area contributed by atoms with Crippen molar-refractivity contribution in [2.45, 2.75) is 13.2 Å². The van der Waals surface area contributed by atoms with Crippen LogP contribution in [0.2, 0.25) is 0 Å². The zero-order valence-electron chi connectivity index (χ0n) is 12.3. The molecule has 0 bridgehead atoms. The van der Waals surface area contributed by atoms with Gasteiger partial charge in [0, 0.05) is 6.54 Å². The summed E-state index contributed by atoms with van der Waals surface area (Å²) in [5, 5.41) is 14.5. The quantitative estimate of drug-likeness (QED) is 0.458. The number of carbonyl (C=O) groups excluding carboxylic acids is 1. The van der Waals surface area contributed by atoms with Gasteiger partial charge in [-0.25, -0.2) is 4.79 Å². The van der Waals surface area contributed by atoms with Crippen LogP contribution in [0.1, 0.15) is 15.9 Å². The summed E-state index contributed by atoms with van der Waals surface area (Å²) in [4.78, 5) is 23.4. The van der Waals surface area contributed by atoms with Gasteiger partial charge in [-0.05, 0) is 24.7 Å². The Labute approximate surface area is 127 Å². The van der Waals surface area contributed by atoms with Gasteiger partial charge >= 0.3 is 11.7 Å². The molecule has 0 aliphatic carbocycles. The number of nitro groups is 1. The summed E-state index contributed by atoms with van der Waals surface area (Å²) in [6, 6.07) is 7.09. The maximum atomic E-state index is 11.3. The highest BCUT2D eigenvalue weighted by atomic mass is 16.6. The lowest BCUT2D eigenvalue weighted by Gasteiger charge is -2.16. The van der Waals surface area contributed by atoms with Gasteiger partial charge in [0.05, 0.1) is 24.3 Å². The minimum absolute atomic E-state index is 0.0316. The van der Waals surface area contributed by atoms with E-state index in [9.17, 15) is 14.9 Å². The predicted octanol–water partition coefficient (Wildman–Crippen LogP) is 1.67. The van der Waals surface area contributed by atoms with Crippen LogP contribution in [-0.2, 0) is 18.0 Å². The second-order valence-electron chi connectivity index (χ2n) is 4.84. The van der Waals surface area contributed by atoms with Crippen molar-refractivity contribution in [3.05, 3.63) is 57.9 Å². The topological polar surface area (TPSA) is 90.5 Å². The number of hydrogen-bond donors (Lipinski definition) is 0. The van der Waals surface area contributed by atoms with E-state index in [0.29, 0.717) is 18.8 Å². The van der Waals surface area contributed by atoms with Crippen molar-refractivity contribution in [2.75, 3.05) is 14.2 Å². The number of hydrogen-bond acceptors (Lipinski definition) is 6. The largest absolute Gasteiger partial charge is 0.465 e. The highest BCUT2D eigenvalue weighted by Crippen LogP contribution is 2.10. The van der Waals surface area contributed by atoms with Crippen molar-refractivity contribution in [2.24, 2.45) is 0 Å². The fraction of sp³-hybridized carbons (Fsp3) is 0.286. The first-order valence-electron chi connectivity index (χ1n) is 6.52. The van der Waals surface area contributed by atoms with Crippen LogP contribution in [0.5, 0.6) is 0 Å². The van der Waals surface area contributed by atoms with Crippen LogP contribution in [0.4, 0.5) is 5.69 Å². The lowest BCUT2D eigenvalue weighted by Crippen LogP contribution is -2.21. The van der Waals surface area contributed by atoms with E-state index in [1.807, 2.05) is 24.1 Å². The van der Waals surface area contributed by atoms with E-state index in [4.69, 9.17) is 0 Å². The van der Waals surface area contributed by atoms with Gasteiger partial charge in [-0.1, -0.05) is 12.1 Å². The van der Waals surface area contributed by atoms with E-state index in [-0.39, 0.29) is 11.7 Å². The first-order chi connectivity index (χ1) is 10.5. The molecule has 2 rings (SSSR count). The number of rotatable bonds is 6. The number of methoxy groups -OCH3 is 1. The maximum absolute atomic E-state index is 11.3. The third kappa shape index (κ3) is 3.89. The zero-order valence-corrected chi connectivity index (χ0v) is 12.3. The molecule has 8 heteroatoms. The molecule has 1 aromatic heterocycles. The molecule has 1 heterocycles. The van der Waals surface area contributed by atoms with E-state index in [2.05, 4.69) is 9.84 Å². The molecule has 1 aromatic carbocycles. The SMILES string of the molecule is COC(=O)c1ccc(CN(C)Cn2cc([N+](=O)[O-])cn2)cc1. The Morgan fingerprint density at radius 2 is 2.09 bits per heavy atom. The standard InChI is InChI=1S/C14H16N4O4/c1-16(10-17-9-13(7-15-17)18(20)21)8-11-3-5-12(6-4-11)14(19)22-2/h3-7,9H,8,10H2,1-2H3. The molecule has 2 aromatic rings. The molecule has 22 heavy (non-hydrogen) atoms. The van der Waals surface area contributed by atoms with Crippen LogP contribution < -0.4 is 0 Å². The molecule has 0 unspecified atom stereocenters. The number of carbonyl (C=O) groups is 1. The maximum Gasteiger partial charge on any atom is 0.337 e. The van der Waals surface area contributed by atoms with Gasteiger partial charge in [0.2, 0.25) is 0 Å².